The molecular formula is C12H10O6. The van der Waals surface area contributed by atoms with Crippen LogP contribution in [0.2, 0.25) is 0 Å². The largest absolute Gasteiger partial charge is 0.506 e. The number of hydrogen-bond donors (Lipinski definition) is 3. The van der Waals surface area contributed by atoms with Crippen LogP contribution >= 0.6 is 0 Å². The molecule has 0 heterocycles. The first kappa shape index (κ1) is 13.4. The Morgan fingerprint density at radius 3 is 2.28 bits per heavy atom. The summed E-state index contributed by atoms with van der Waals surface area (Å²) in [5.41, 5.74) is -0.396. The fraction of sp³-hybridized carbons (Fsp3) is 0.167. The van der Waals surface area contributed by atoms with Crippen LogP contribution in [0.4, 0.5) is 0 Å². The highest BCUT2D eigenvalue weighted by Crippen LogP contribution is 2.27. The molecule has 0 radical (unpaired) electrons. The third-order valence-electron chi connectivity index (χ3n) is 2.02. The van der Waals surface area contributed by atoms with Crippen LogP contribution in [0, 0.1) is 11.8 Å². The van der Waals surface area contributed by atoms with Crippen LogP contribution in [0.15, 0.2) is 12.1 Å². The number of carboxylic acids is 1. The van der Waals surface area contributed by atoms with Gasteiger partial charge >= 0.3 is 11.9 Å². The van der Waals surface area contributed by atoms with Gasteiger partial charge in [0.15, 0.2) is 0 Å². The molecule has 0 fully saturated rings. The number of phenolic OH excluding ortho intramolecular Hbond substituents is 2. The Labute approximate surface area is 102 Å². The molecule has 0 unspecified atom stereocenters. The van der Waals surface area contributed by atoms with Crippen LogP contribution in [0.25, 0.3) is 0 Å². The fourth-order valence-electron chi connectivity index (χ4n) is 1.14. The van der Waals surface area contributed by atoms with E-state index in [0.717, 1.165) is 12.1 Å². The molecule has 0 saturated heterocycles. The molecule has 0 saturated carbocycles. The molecule has 94 valence electrons. The molecule has 0 aliphatic rings. The van der Waals surface area contributed by atoms with Crippen molar-refractivity contribution < 1.29 is 29.6 Å². The van der Waals surface area contributed by atoms with Crippen LogP contribution in [0.3, 0.4) is 0 Å². The van der Waals surface area contributed by atoms with E-state index in [2.05, 4.69) is 16.6 Å². The summed E-state index contributed by atoms with van der Waals surface area (Å²) in [7, 11) is 1.21. The second kappa shape index (κ2) is 5.59. The van der Waals surface area contributed by atoms with Crippen molar-refractivity contribution in [2.75, 3.05) is 7.11 Å². The van der Waals surface area contributed by atoms with Gasteiger partial charge in [-0.1, -0.05) is 11.8 Å². The van der Waals surface area contributed by atoms with E-state index in [9.17, 15) is 19.8 Å². The van der Waals surface area contributed by atoms with Crippen molar-refractivity contribution in [2.45, 2.75) is 6.42 Å². The minimum atomic E-state index is -1.28. The fourth-order valence-corrected chi connectivity index (χ4v) is 1.14. The van der Waals surface area contributed by atoms with Crippen LogP contribution in [0.5, 0.6) is 11.5 Å². The van der Waals surface area contributed by atoms with Gasteiger partial charge in [-0.3, -0.25) is 4.79 Å². The van der Waals surface area contributed by atoms with Gasteiger partial charge in [-0.15, -0.1) is 0 Å². The monoisotopic (exact) mass is 250 g/mol. The number of esters is 1. The lowest BCUT2D eigenvalue weighted by Crippen LogP contribution is -1.98. The van der Waals surface area contributed by atoms with Crippen molar-refractivity contribution in [2.24, 2.45) is 0 Å². The minimum absolute atomic E-state index is 0.135. The number of rotatable bonds is 2. The molecule has 6 nitrogen and oxygen atoms in total. The molecule has 0 aliphatic carbocycles. The number of benzene rings is 1. The first-order chi connectivity index (χ1) is 8.45. The highest BCUT2D eigenvalue weighted by atomic mass is 16.5. The molecular weight excluding hydrogens is 240 g/mol. The standard InChI is InChI=1S/C12H10O6/c1-18-11(15)4-2-3-8-9(13)5-7(12(16)17)6-10(8)14/h5-6,13-14H,4H2,1H3,(H,16,17). The number of carboxylic acid groups (broad SMARTS) is 1. The van der Waals surface area contributed by atoms with Gasteiger partial charge in [-0.2, -0.15) is 0 Å². The first-order valence-electron chi connectivity index (χ1n) is 4.80. The van der Waals surface area contributed by atoms with Crippen molar-refractivity contribution in [1.82, 2.24) is 0 Å². The Morgan fingerprint density at radius 2 is 1.83 bits per heavy atom. The topological polar surface area (TPSA) is 104 Å². The van der Waals surface area contributed by atoms with Crippen LogP contribution < -0.4 is 0 Å². The lowest BCUT2D eigenvalue weighted by molar-refractivity contribution is -0.139. The maximum absolute atomic E-state index is 10.8. The number of carbonyl (C=O) groups excluding carboxylic acids is 1. The summed E-state index contributed by atoms with van der Waals surface area (Å²) in [6, 6.07) is 1.93. The zero-order valence-corrected chi connectivity index (χ0v) is 9.43. The Balaban J connectivity index is 3.04. The minimum Gasteiger partial charge on any atom is -0.506 e. The summed E-state index contributed by atoms with van der Waals surface area (Å²) in [4.78, 5) is 21.4. The number of hydrogen-bond acceptors (Lipinski definition) is 5. The average Bonchev–Trinajstić information content (AvgIpc) is 2.31. The molecule has 6 heteroatoms. The van der Waals surface area contributed by atoms with E-state index in [1.807, 2.05) is 0 Å². The Kier molecular flexibility index (Phi) is 4.16. The Bertz CT molecular complexity index is 526. The van der Waals surface area contributed by atoms with Crippen molar-refractivity contribution in [3.8, 4) is 23.3 Å². The molecule has 0 aromatic heterocycles. The highest BCUT2D eigenvalue weighted by Gasteiger charge is 2.11. The van der Waals surface area contributed by atoms with Gasteiger partial charge in [0.2, 0.25) is 0 Å². The van der Waals surface area contributed by atoms with Crippen LogP contribution in [-0.2, 0) is 9.53 Å². The van der Waals surface area contributed by atoms with E-state index >= 15 is 0 Å². The SMILES string of the molecule is COC(=O)CC#Cc1c(O)cc(C(=O)O)cc1O. The predicted molar refractivity (Wildman–Crippen MR) is 60.2 cm³/mol. The predicted octanol–water partition coefficient (Wildman–Crippen LogP) is 0.711. The number of aromatic carboxylic acids is 1. The van der Waals surface area contributed by atoms with Crippen molar-refractivity contribution in [3.63, 3.8) is 0 Å². The van der Waals surface area contributed by atoms with E-state index in [4.69, 9.17) is 5.11 Å². The zero-order chi connectivity index (χ0) is 13.7. The third-order valence-corrected chi connectivity index (χ3v) is 2.02. The summed E-state index contributed by atoms with van der Waals surface area (Å²) >= 11 is 0. The molecule has 0 bridgehead atoms. The highest BCUT2D eigenvalue weighted by molar-refractivity contribution is 5.89. The number of ether oxygens (including phenoxy) is 1. The molecule has 0 atom stereocenters. The van der Waals surface area contributed by atoms with Crippen LogP contribution in [-0.4, -0.2) is 34.4 Å². The number of phenols is 2. The molecule has 18 heavy (non-hydrogen) atoms. The zero-order valence-electron chi connectivity index (χ0n) is 9.43. The van der Waals surface area contributed by atoms with Crippen molar-refractivity contribution in [1.29, 1.82) is 0 Å². The molecule has 0 amide bonds. The maximum atomic E-state index is 10.8. The normalized spacial score (nSPS) is 9.17. The molecule has 1 aromatic rings. The van der Waals surface area contributed by atoms with E-state index < -0.39 is 23.4 Å². The van der Waals surface area contributed by atoms with Crippen LogP contribution in [0.1, 0.15) is 22.3 Å². The van der Waals surface area contributed by atoms with Gasteiger partial charge in [0.25, 0.3) is 0 Å². The molecule has 0 aliphatic heterocycles. The maximum Gasteiger partial charge on any atom is 0.335 e. The van der Waals surface area contributed by atoms with E-state index in [0.29, 0.717) is 0 Å². The summed E-state index contributed by atoms with van der Waals surface area (Å²) in [5, 5.41) is 27.7. The Hall–Kier alpha value is -2.68. The number of methoxy groups -OCH3 is 1. The van der Waals surface area contributed by atoms with Crippen molar-refractivity contribution in [3.05, 3.63) is 23.3 Å². The Morgan fingerprint density at radius 1 is 1.28 bits per heavy atom. The van der Waals surface area contributed by atoms with Gasteiger partial charge in [-0.25, -0.2) is 4.79 Å². The number of aromatic hydroxyl groups is 2. The number of carbonyl (C=O) groups is 2. The quantitative estimate of drug-likeness (QED) is 0.527. The molecule has 3 N–H and O–H groups in total. The van der Waals surface area contributed by atoms with Gasteiger partial charge in [0.1, 0.15) is 23.5 Å². The van der Waals surface area contributed by atoms with E-state index in [1.165, 1.54) is 7.11 Å². The molecule has 0 spiro atoms. The first-order valence-corrected chi connectivity index (χ1v) is 4.80. The third kappa shape index (κ3) is 3.15. The van der Waals surface area contributed by atoms with Crippen molar-refractivity contribution >= 4 is 11.9 Å². The molecule has 1 aromatic carbocycles. The lowest BCUT2D eigenvalue weighted by Gasteiger charge is -2.02. The smallest absolute Gasteiger partial charge is 0.335 e. The van der Waals surface area contributed by atoms with E-state index in [-0.39, 0.29) is 17.5 Å². The second-order valence-electron chi connectivity index (χ2n) is 3.25. The lowest BCUT2D eigenvalue weighted by atomic mass is 10.1. The van der Waals surface area contributed by atoms with E-state index in [1.54, 1.807) is 0 Å². The van der Waals surface area contributed by atoms with Gasteiger partial charge < -0.3 is 20.1 Å². The summed E-state index contributed by atoms with van der Waals surface area (Å²) in [6.07, 6.45) is -0.198. The molecule has 1 rings (SSSR count). The summed E-state index contributed by atoms with van der Waals surface area (Å²) in [5.74, 6) is 1.99. The van der Waals surface area contributed by atoms with Gasteiger partial charge in [-0.05, 0) is 12.1 Å². The summed E-state index contributed by atoms with van der Waals surface area (Å²) < 4.78 is 4.36. The second-order valence-corrected chi connectivity index (χ2v) is 3.25. The average molecular weight is 250 g/mol. The van der Waals surface area contributed by atoms with Gasteiger partial charge in [0.05, 0.1) is 12.7 Å². The summed E-state index contributed by atoms with van der Waals surface area (Å²) in [6.45, 7) is 0. The van der Waals surface area contributed by atoms with Gasteiger partial charge in [0, 0.05) is 0 Å².